The van der Waals surface area contributed by atoms with E-state index in [9.17, 15) is 16.8 Å². The zero-order valence-electron chi connectivity index (χ0n) is 16.0. The van der Waals surface area contributed by atoms with Crippen LogP contribution in [0.2, 0.25) is 0 Å². The van der Waals surface area contributed by atoms with Crippen LogP contribution < -0.4 is 0 Å². The second-order valence-corrected chi connectivity index (χ2v) is 10.5. The van der Waals surface area contributed by atoms with Crippen molar-refractivity contribution in [1.82, 2.24) is 3.71 Å². The molecule has 0 fully saturated rings. The Morgan fingerprint density at radius 2 is 1.19 bits per heavy atom. The Kier molecular flexibility index (Phi) is 6.62. The molecule has 2 aromatic carbocycles. The van der Waals surface area contributed by atoms with E-state index in [1.54, 1.807) is 31.2 Å². The van der Waals surface area contributed by atoms with Crippen LogP contribution in [0.4, 0.5) is 0 Å². The van der Waals surface area contributed by atoms with E-state index in [-0.39, 0.29) is 16.3 Å². The van der Waals surface area contributed by atoms with E-state index >= 15 is 0 Å². The van der Waals surface area contributed by atoms with Crippen molar-refractivity contribution in [2.45, 2.75) is 43.9 Å². The number of hydrogen-bond donors (Lipinski definition) is 0. The summed E-state index contributed by atoms with van der Waals surface area (Å²) in [7, 11) is -8.49. The minimum Gasteiger partial charge on any atom is -0.206 e. The molecule has 0 spiro atoms. The molecule has 0 radical (unpaired) electrons. The highest BCUT2D eigenvalue weighted by Gasteiger charge is 2.36. The highest BCUT2D eigenvalue weighted by Crippen LogP contribution is 2.26. The SMILES string of the molecule is CC/C=C(\C)CN(S(=O)(=O)c1ccc(C)cc1)S(=O)(=O)c1ccc(C)cc1. The van der Waals surface area contributed by atoms with Crippen molar-refractivity contribution in [3.8, 4) is 0 Å². The Morgan fingerprint density at radius 3 is 1.52 bits per heavy atom. The van der Waals surface area contributed by atoms with Crippen molar-refractivity contribution in [2.24, 2.45) is 0 Å². The van der Waals surface area contributed by atoms with Gasteiger partial charge in [0.2, 0.25) is 0 Å². The summed E-state index contributed by atoms with van der Waals surface area (Å²) in [4.78, 5) is -0.0961. The quantitative estimate of drug-likeness (QED) is 0.650. The van der Waals surface area contributed by atoms with Crippen LogP contribution in [-0.2, 0) is 20.0 Å². The average Bonchev–Trinajstić information content (AvgIpc) is 2.60. The second kappa shape index (κ2) is 8.37. The summed E-state index contributed by atoms with van der Waals surface area (Å²) in [5, 5.41) is 0. The van der Waals surface area contributed by atoms with Crippen molar-refractivity contribution in [3.63, 3.8) is 0 Å². The van der Waals surface area contributed by atoms with Crippen LogP contribution in [0.5, 0.6) is 0 Å². The van der Waals surface area contributed by atoms with Crippen LogP contribution in [0.3, 0.4) is 0 Å². The number of hydrogen-bond acceptors (Lipinski definition) is 4. The predicted molar refractivity (Wildman–Crippen MR) is 107 cm³/mol. The lowest BCUT2D eigenvalue weighted by Crippen LogP contribution is -2.38. The van der Waals surface area contributed by atoms with Crippen molar-refractivity contribution in [2.75, 3.05) is 6.54 Å². The van der Waals surface area contributed by atoms with E-state index < -0.39 is 20.0 Å². The lowest BCUT2D eigenvalue weighted by Gasteiger charge is -2.22. The number of benzene rings is 2. The maximum atomic E-state index is 13.2. The van der Waals surface area contributed by atoms with Crippen LogP contribution in [0, 0.1) is 13.8 Å². The van der Waals surface area contributed by atoms with Gasteiger partial charge in [0.05, 0.1) is 16.3 Å². The van der Waals surface area contributed by atoms with Crippen LogP contribution in [-0.4, -0.2) is 27.1 Å². The summed E-state index contributed by atoms with van der Waals surface area (Å²) >= 11 is 0. The molecule has 0 saturated carbocycles. The number of sulfonamides is 2. The molecule has 0 N–H and O–H groups in total. The molecular weight excluding hydrogens is 382 g/mol. The van der Waals surface area contributed by atoms with Crippen LogP contribution >= 0.6 is 0 Å². The summed E-state index contributed by atoms with van der Waals surface area (Å²) in [6.45, 7) is 7.10. The topological polar surface area (TPSA) is 71.5 Å². The highest BCUT2D eigenvalue weighted by molar-refractivity contribution is 8.04. The molecule has 5 nitrogen and oxygen atoms in total. The number of aryl methyl sites for hydroxylation is 2. The van der Waals surface area contributed by atoms with Crippen LogP contribution in [0.25, 0.3) is 0 Å². The lowest BCUT2D eigenvalue weighted by molar-refractivity contribution is 0.509. The first-order valence-electron chi connectivity index (χ1n) is 8.66. The van der Waals surface area contributed by atoms with Crippen molar-refractivity contribution < 1.29 is 16.8 Å². The molecule has 146 valence electrons. The monoisotopic (exact) mass is 407 g/mol. The van der Waals surface area contributed by atoms with E-state index in [1.165, 1.54) is 24.3 Å². The van der Waals surface area contributed by atoms with Gasteiger partial charge in [-0.25, -0.2) is 16.8 Å². The van der Waals surface area contributed by atoms with Gasteiger partial charge in [-0.1, -0.05) is 57.7 Å². The molecular formula is C20H25NO4S2. The molecule has 0 bridgehead atoms. The van der Waals surface area contributed by atoms with Gasteiger partial charge in [0.15, 0.2) is 0 Å². The molecule has 0 unspecified atom stereocenters. The zero-order valence-corrected chi connectivity index (χ0v) is 17.6. The molecule has 0 amide bonds. The van der Waals surface area contributed by atoms with Gasteiger partial charge in [-0.2, -0.15) is 0 Å². The van der Waals surface area contributed by atoms with E-state index in [0.29, 0.717) is 15.7 Å². The Labute approximate surface area is 162 Å². The van der Waals surface area contributed by atoms with Crippen molar-refractivity contribution in [3.05, 3.63) is 71.3 Å². The molecule has 7 heteroatoms. The summed E-state index contributed by atoms with van der Waals surface area (Å²) in [5.41, 5.74) is 2.46. The smallest absolute Gasteiger partial charge is 0.206 e. The second-order valence-electron chi connectivity index (χ2n) is 6.53. The summed E-state index contributed by atoms with van der Waals surface area (Å²) in [6.07, 6.45) is 2.51. The molecule has 0 heterocycles. The average molecular weight is 408 g/mol. The Hall–Kier alpha value is -1.96. The van der Waals surface area contributed by atoms with Gasteiger partial charge in [0.1, 0.15) is 0 Å². The number of allylic oxidation sites excluding steroid dienone is 1. The highest BCUT2D eigenvalue weighted by atomic mass is 32.3. The minimum absolute atomic E-state index is 0.0481. The van der Waals surface area contributed by atoms with Gasteiger partial charge < -0.3 is 0 Å². The molecule has 2 rings (SSSR count). The first-order valence-corrected chi connectivity index (χ1v) is 11.5. The van der Waals surface area contributed by atoms with Crippen LogP contribution in [0.15, 0.2) is 70.0 Å². The van der Waals surface area contributed by atoms with Crippen LogP contribution in [0.1, 0.15) is 31.4 Å². The molecule has 0 aromatic heterocycles. The summed E-state index contributed by atoms with van der Waals surface area (Å²) < 4.78 is 53.4. The normalized spacial score (nSPS) is 13.1. The maximum Gasteiger partial charge on any atom is 0.256 e. The molecule has 27 heavy (non-hydrogen) atoms. The number of nitrogens with zero attached hydrogens (tertiary/aromatic N) is 1. The van der Waals surface area contributed by atoms with E-state index in [2.05, 4.69) is 0 Å². The minimum atomic E-state index is -4.24. The largest absolute Gasteiger partial charge is 0.256 e. The Bertz CT molecular complexity index is 945. The Balaban J connectivity index is 2.62. The fraction of sp³-hybridized carbons (Fsp3) is 0.300. The summed E-state index contributed by atoms with van der Waals surface area (Å²) in [6, 6.07) is 12.3. The first-order chi connectivity index (χ1) is 12.6. The molecule has 0 atom stereocenters. The maximum absolute atomic E-state index is 13.2. The predicted octanol–water partition coefficient (Wildman–Crippen LogP) is 4.04. The van der Waals surface area contributed by atoms with Gasteiger partial charge in [-0.15, -0.1) is 0 Å². The molecule has 2 aromatic rings. The zero-order chi connectivity index (χ0) is 20.2. The van der Waals surface area contributed by atoms with Gasteiger partial charge >= 0.3 is 0 Å². The van der Waals surface area contributed by atoms with Gasteiger partial charge in [-0.05, 0) is 51.5 Å². The lowest BCUT2D eigenvalue weighted by atomic mass is 10.2. The third-order valence-corrected chi connectivity index (χ3v) is 8.35. The molecule has 0 aliphatic rings. The molecule has 0 aliphatic carbocycles. The fourth-order valence-corrected chi connectivity index (χ4v) is 6.30. The standard InChI is InChI=1S/C20H25NO4S2/c1-5-6-18(4)15-21(26(22,23)19-11-7-16(2)8-12-19)27(24,25)20-13-9-17(3)10-14-20/h6-14H,5,15H2,1-4H3/b18-6+. The third-order valence-electron chi connectivity index (χ3n) is 4.10. The van der Waals surface area contributed by atoms with Crippen molar-refractivity contribution >= 4 is 20.0 Å². The van der Waals surface area contributed by atoms with Crippen molar-refractivity contribution in [1.29, 1.82) is 0 Å². The Morgan fingerprint density at radius 1 is 0.815 bits per heavy atom. The molecule has 0 saturated heterocycles. The molecule has 0 aliphatic heterocycles. The van der Waals surface area contributed by atoms with Gasteiger partial charge in [0, 0.05) is 0 Å². The number of rotatable bonds is 7. The fourth-order valence-electron chi connectivity index (χ4n) is 2.57. The van der Waals surface area contributed by atoms with E-state index in [4.69, 9.17) is 0 Å². The van der Waals surface area contributed by atoms with Gasteiger partial charge in [-0.3, -0.25) is 0 Å². The third kappa shape index (κ3) is 4.86. The van der Waals surface area contributed by atoms with E-state index in [0.717, 1.165) is 11.1 Å². The summed E-state index contributed by atoms with van der Waals surface area (Å²) in [5.74, 6) is 0. The first kappa shape index (κ1) is 21.3. The van der Waals surface area contributed by atoms with Gasteiger partial charge in [0.25, 0.3) is 20.0 Å². The van der Waals surface area contributed by atoms with E-state index in [1.807, 2.05) is 26.8 Å².